The maximum Gasteiger partial charge on any atom is 0.253 e. The average Bonchev–Trinajstić information content (AvgIpc) is 2.87. The van der Waals surface area contributed by atoms with Crippen LogP contribution in [-0.2, 0) is 22.5 Å². The highest BCUT2D eigenvalue weighted by molar-refractivity contribution is 6.30. The van der Waals surface area contributed by atoms with Crippen molar-refractivity contribution in [3.63, 3.8) is 0 Å². The van der Waals surface area contributed by atoms with Crippen LogP contribution in [0.15, 0.2) is 48.5 Å². The number of piperazine rings is 1. The first-order valence-electron chi connectivity index (χ1n) is 12.2. The highest BCUT2D eigenvalue weighted by Gasteiger charge is 2.22. The normalized spacial score (nSPS) is 14.4. The number of carbonyl (C=O) groups excluding carboxylic acids is 2. The van der Waals surface area contributed by atoms with Crippen molar-refractivity contribution in [2.75, 3.05) is 51.8 Å². The van der Waals surface area contributed by atoms with Gasteiger partial charge in [-0.3, -0.25) is 14.5 Å². The third-order valence-electron chi connectivity index (χ3n) is 6.14. The number of benzene rings is 2. The fraction of sp³-hybridized carbons (Fsp3) is 0.481. The Hall–Kier alpha value is -2.12. The molecule has 1 saturated heterocycles. The van der Waals surface area contributed by atoms with Gasteiger partial charge in [0, 0.05) is 56.4 Å². The molecule has 0 aromatic heterocycles. The van der Waals surface area contributed by atoms with Crippen molar-refractivity contribution < 1.29 is 14.3 Å². The third kappa shape index (κ3) is 8.80. The van der Waals surface area contributed by atoms with E-state index in [0.29, 0.717) is 25.3 Å². The van der Waals surface area contributed by atoms with Crippen LogP contribution in [0.25, 0.3) is 0 Å². The SMILES string of the molecule is CC(C)OCCN(Cc1ccc(C(=O)N2CCN(CCc3ccc(Cl)cc3)CC2)cc1)C(=O)CCl. The van der Waals surface area contributed by atoms with Gasteiger partial charge in [0.05, 0.1) is 12.7 Å². The first-order chi connectivity index (χ1) is 16.9. The molecule has 35 heavy (non-hydrogen) atoms. The van der Waals surface area contributed by atoms with Gasteiger partial charge in [-0.1, -0.05) is 35.9 Å². The lowest BCUT2D eigenvalue weighted by molar-refractivity contribution is -0.130. The molecule has 1 heterocycles. The first kappa shape index (κ1) is 27.5. The molecule has 0 atom stereocenters. The number of carbonyl (C=O) groups is 2. The molecule has 8 heteroatoms. The second-order valence-electron chi connectivity index (χ2n) is 9.08. The van der Waals surface area contributed by atoms with Crippen molar-refractivity contribution in [2.24, 2.45) is 0 Å². The van der Waals surface area contributed by atoms with Gasteiger partial charge < -0.3 is 14.5 Å². The van der Waals surface area contributed by atoms with Crippen LogP contribution < -0.4 is 0 Å². The van der Waals surface area contributed by atoms with Crippen LogP contribution in [0.2, 0.25) is 5.02 Å². The van der Waals surface area contributed by atoms with Crippen LogP contribution in [-0.4, -0.2) is 84.4 Å². The summed E-state index contributed by atoms with van der Waals surface area (Å²) in [6.45, 7) is 9.44. The van der Waals surface area contributed by atoms with E-state index in [2.05, 4.69) is 17.0 Å². The summed E-state index contributed by atoms with van der Waals surface area (Å²) >= 11 is 11.7. The summed E-state index contributed by atoms with van der Waals surface area (Å²) in [6.07, 6.45) is 1.08. The van der Waals surface area contributed by atoms with Crippen LogP contribution in [0.5, 0.6) is 0 Å². The summed E-state index contributed by atoms with van der Waals surface area (Å²) in [6, 6.07) is 15.5. The van der Waals surface area contributed by atoms with Crippen molar-refractivity contribution >= 4 is 35.0 Å². The van der Waals surface area contributed by atoms with E-state index in [-0.39, 0.29) is 23.8 Å². The molecule has 2 amide bonds. The molecule has 0 aliphatic carbocycles. The van der Waals surface area contributed by atoms with Crippen molar-refractivity contribution in [3.8, 4) is 0 Å². The van der Waals surface area contributed by atoms with E-state index in [1.54, 1.807) is 4.90 Å². The van der Waals surface area contributed by atoms with Gasteiger partial charge in [-0.25, -0.2) is 0 Å². The second-order valence-corrected chi connectivity index (χ2v) is 9.78. The molecule has 190 valence electrons. The molecule has 0 radical (unpaired) electrons. The molecule has 2 aromatic carbocycles. The standard InChI is InChI=1S/C27H35Cl2N3O3/c1-21(2)35-18-17-32(26(33)19-28)20-23-3-7-24(8-4-23)27(34)31-15-13-30(14-16-31)12-11-22-5-9-25(29)10-6-22/h3-10,21H,11-20H2,1-2H3. The maximum absolute atomic E-state index is 13.0. The summed E-state index contributed by atoms with van der Waals surface area (Å²) in [7, 11) is 0. The van der Waals surface area contributed by atoms with Gasteiger partial charge in [-0.2, -0.15) is 0 Å². The maximum atomic E-state index is 13.0. The minimum atomic E-state index is -0.131. The van der Waals surface area contributed by atoms with Gasteiger partial charge in [-0.15, -0.1) is 11.6 Å². The summed E-state index contributed by atoms with van der Waals surface area (Å²) in [4.78, 5) is 31.2. The van der Waals surface area contributed by atoms with E-state index in [1.165, 1.54) is 5.56 Å². The van der Waals surface area contributed by atoms with Crippen LogP contribution in [0.4, 0.5) is 0 Å². The number of hydrogen-bond donors (Lipinski definition) is 0. The predicted octanol–water partition coefficient (Wildman–Crippen LogP) is 4.33. The van der Waals surface area contributed by atoms with Gasteiger partial charge in [0.1, 0.15) is 5.88 Å². The van der Waals surface area contributed by atoms with Crippen molar-refractivity contribution in [1.82, 2.24) is 14.7 Å². The predicted molar refractivity (Wildman–Crippen MR) is 141 cm³/mol. The number of ether oxygens (including phenoxy) is 1. The Morgan fingerprint density at radius 2 is 1.60 bits per heavy atom. The Morgan fingerprint density at radius 3 is 2.20 bits per heavy atom. The molecule has 0 saturated carbocycles. The van der Waals surface area contributed by atoms with Gasteiger partial charge in [-0.05, 0) is 55.7 Å². The van der Waals surface area contributed by atoms with Gasteiger partial charge in [0.2, 0.25) is 5.91 Å². The van der Waals surface area contributed by atoms with Gasteiger partial charge in [0.15, 0.2) is 0 Å². The van der Waals surface area contributed by atoms with E-state index in [9.17, 15) is 9.59 Å². The van der Waals surface area contributed by atoms with Gasteiger partial charge in [0.25, 0.3) is 5.91 Å². The minimum absolute atomic E-state index is 0.0490. The van der Waals surface area contributed by atoms with E-state index in [4.69, 9.17) is 27.9 Å². The summed E-state index contributed by atoms with van der Waals surface area (Å²) in [5, 5.41) is 0.756. The Balaban J connectivity index is 1.47. The Morgan fingerprint density at radius 1 is 0.971 bits per heavy atom. The lowest BCUT2D eigenvalue weighted by atomic mass is 10.1. The molecular weight excluding hydrogens is 485 g/mol. The van der Waals surface area contributed by atoms with E-state index in [0.717, 1.165) is 49.7 Å². The lowest BCUT2D eigenvalue weighted by Crippen LogP contribution is -2.49. The Kier molecular flexibility index (Phi) is 10.9. The minimum Gasteiger partial charge on any atom is -0.377 e. The molecule has 6 nitrogen and oxygen atoms in total. The molecule has 0 unspecified atom stereocenters. The zero-order valence-corrected chi connectivity index (χ0v) is 22.1. The summed E-state index contributed by atoms with van der Waals surface area (Å²) < 4.78 is 5.58. The van der Waals surface area contributed by atoms with E-state index < -0.39 is 0 Å². The summed E-state index contributed by atoms with van der Waals surface area (Å²) in [5.74, 6) is -0.148. The van der Waals surface area contributed by atoms with Crippen LogP contribution in [0.3, 0.4) is 0 Å². The fourth-order valence-electron chi connectivity index (χ4n) is 4.04. The zero-order chi connectivity index (χ0) is 25.2. The van der Waals surface area contributed by atoms with Crippen molar-refractivity contribution in [1.29, 1.82) is 0 Å². The molecule has 3 rings (SSSR count). The van der Waals surface area contributed by atoms with Crippen molar-refractivity contribution in [2.45, 2.75) is 32.9 Å². The summed E-state index contributed by atoms with van der Waals surface area (Å²) in [5.41, 5.74) is 2.89. The number of amides is 2. The molecule has 1 fully saturated rings. The quantitative estimate of drug-likeness (QED) is 0.414. The van der Waals surface area contributed by atoms with E-state index >= 15 is 0 Å². The van der Waals surface area contributed by atoms with E-state index in [1.807, 2.05) is 55.1 Å². The van der Waals surface area contributed by atoms with Gasteiger partial charge >= 0.3 is 0 Å². The molecule has 0 spiro atoms. The molecule has 2 aromatic rings. The van der Waals surface area contributed by atoms with Crippen molar-refractivity contribution in [3.05, 3.63) is 70.2 Å². The van der Waals surface area contributed by atoms with Crippen LogP contribution >= 0.6 is 23.2 Å². The monoisotopic (exact) mass is 519 g/mol. The lowest BCUT2D eigenvalue weighted by Gasteiger charge is -2.34. The molecule has 1 aliphatic rings. The smallest absolute Gasteiger partial charge is 0.253 e. The first-order valence-corrected chi connectivity index (χ1v) is 13.1. The Bertz CT molecular complexity index is 943. The molecule has 0 bridgehead atoms. The zero-order valence-electron chi connectivity index (χ0n) is 20.6. The molecule has 1 aliphatic heterocycles. The third-order valence-corrected chi connectivity index (χ3v) is 6.62. The topological polar surface area (TPSA) is 53.1 Å². The number of hydrogen-bond acceptors (Lipinski definition) is 4. The second kappa shape index (κ2) is 13.8. The average molecular weight is 521 g/mol. The largest absolute Gasteiger partial charge is 0.377 e. The fourth-order valence-corrected chi connectivity index (χ4v) is 4.34. The highest BCUT2D eigenvalue weighted by Crippen LogP contribution is 2.14. The van der Waals surface area contributed by atoms with Crippen LogP contribution in [0, 0.1) is 0 Å². The molecule has 0 N–H and O–H groups in total. The number of nitrogens with zero attached hydrogens (tertiary/aromatic N) is 3. The number of halogens is 2. The Labute approximate surface area is 218 Å². The number of alkyl halides is 1. The molecular formula is C27H35Cl2N3O3. The highest BCUT2D eigenvalue weighted by atomic mass is 35.5. The van der Waals surface area contributed by atoms with Crippen LogP contribution in [0.1, 0.15) is 35.3 Å². The number of rotatable bonds is 11.